The summed E-state index contributed by atoms with van der Waals surface area (Å²) in [6.45, 7) is -0.131. The van der Waals surface area contributed by atoms with E-state index in [4.69, 9.17) is 0 Å². The molecule has 5 rings (SSSR count). The Morgan fingerprint density at radius 3 is 2.11 bits per heavy atom. The van der Waals surface area contributed by atoms with Crippen molar-refractivity contribution in [3.8, 4) is 0 Å². The van der Waals surface area contributed by atoms with E-state index in [1.54, 1.807) is 4.90 Å². The smallest absolute Gasteiger partial charge is 0.279 e. The lowest BCUT2D eigenvalue weighted by molar-refractivity contribution is -0.118. The fraction of sp³-hybridized carbons (Fsp3) is 0.300. The first-order valence-corrected chi connectivity index (χ1v) is 9.23. The second-order valence-corrected chi connectivity index (χ2v) is 7.08. The second kappa shape index (κ2) is 6.19. The van der Waals surface area contributed by atoms with Gasteiger partial charge in [0.1, 0.15) is 6.54 Å². The number of anilines is 2. The van der Waals surface area contributed by atoms with E-state index in [2.05, 4.69) is 22.6 Å². The molecule has 2 heterocycles. The quantitative estimate of drug-likeness (QED) is 0.717. The zero-order valence-electron chi connectivity index (χ0n) is 14.8. The number of rotatable bonds is 3. The molecule has 0 saturated heterocycles. The van der Waals surface area contributed by atoms with E-state index in [0.717, 1.165) is 52.9 Å². The molecule has 27 heavy (non-hydrogen) atoms. The Labute approximate surface area is 155 Å². The van der Waals surface area contributed by atoms with Crippen molar-refractivity contribution < 1.29 is 4.79 Å². The average molecular weight is 361 g/mol. The third-order valence-electron chi connectivity index (χ3n) is 5.22. The number of benzene rings is 2. The van der Waals surface area contributed by atoms with Crippen molar-refractivity contribution in [2.24, 2.45) is 0 Å². The maximum atomic E-state index is 13.3. The molecule has 1 saturated carbocycles. The number of para-hydroxylation sites is 2. The Balaban J connectivity index is 1.55. The van der Waals surface area contributed by atoms with E-state index in [9.17, 15) is 9.59 Å². The summed E-state index contributed by atoms with van der Waals surface area (Å²) in [4.78, 5) is 27.5. The van der Waals surface area contributed by atoms with Crippen LogP contribution in [0.2, 0.25) is 0 Å². The molecule has 3 aromatic rings. The predicted molar refractivity (Wildman–Crippen MR) is 100.0 cm³/mol. The van der Waals surface area contributed by atoms with Crippen molar-refractivity contribution in [3.63, 3.8) is 0 Å². The van der Waals surface area contributed by atoms with Crippen LogP contribution in [0.1, 0.15) is 30.0 Å². The van der Waals surface area contributed by atoms with Gasteiger partial charge < -0.3 is 0 Å². The number of aryl methyl sites for hydroxylation is 2. The molecule has 1 fully saturated rings. The highest BCUT2D eigenvalue weighted by atomic mass is 16.2. The summed E-state index contributed by atoms with van der Waals surface area (Å²) in [5.74, 6) is -0.193. The maximum Gasteiger partial charge on any atom is 0.364 e. The molecule has 0 atom stereocenters. The van der Waals surface area contributed by atoms with Gasteiger partial charge in [0.2, 0.25) is 0 Å². The Kier molecular flexibility index (Phi) is 3.67. The number of nitrogens with zero attached hydrogens (tertiary/aromatic N) is 5. The first kappa shape index (κ1) is 16.0. The van der Waals surface area contributed by atoms with Crippen molar-refractivity contribution in [1.82, 2.24) is 19.8 Å². The van der Waals surface area contributed by atoms with Crippen LogP contribution in [0.3, 0.4) is 0 Å². The minimum atomic E-state index is -0.317. The van der Waals surface area contributed by atoms with Crippen molar-refractivity contribution in [2.75, 3.05) is 4.90 Å². The predicted octanol–water partition coefficient (Wildman–Crippen LogP) is 2.24. The van der Waals surface area contributed by atoms with E-state index in [1.807, 2.05) is 36.4 Å². The molecule has 1 aliphatic heterocycles. The third-order valence-corrected chi connectivity index (χ3v) is 5.22. The van der Waals surface area contributed by atoms with Crippen LogP contribution in [-0.4, -0.2) is 25.7 Å². The molecule has 1 amide bonds. The monoisotopic (exact) mass is 361 g/mol. The van der Waals surface area contributed by atoms with E-state index in [-0.39, 0.29) is 24.2 Å². The normalized spacial score (nSPS) is 15.8. The van der Waals surface area contributed by atoms with Gasteiger partial charge in [-0.2, -0.15) is 9.36 Å². The number of hydrogen-bond donors (Lipinski definition) is 0. The van der Waals surface area contributed by atoms with Gasteiger partial charge in [-0.3, -0.25) is 9.69 Å². The zero-order chi connectivity index (χ0) is 18.4. The summed E-state index contributed by atoms with van der Waals surface area (Å²) < 4.78 is 2.55. The molecule has 0 bridgehead atoms. The summed E-state index contributed by atoms with van der Waals surface area (Å²) in [6, 6.07) is 16.0. The summed E-state index contributed by atoms with van der Waals surface area (Å²) in [7, 11) is 0. The number of carbonyl (C=O) groups is 1. The fourth-order valence-corrected chi connectivity index (χ4v) is 3.68. The Hall–Kier alpha value is -3.22. The standard InChI is InChI=1S/C20H19N5O2/c26-19(13-23-20(27)25(22-21-23)16-11-12-16)24-17-7-3-1-5-14(17)9-10-15-6-2-4-8-18(15)24/h1-8,16H,9-13H2. The Morgan fingerprint density at radius 2 is 1.52 bits per heavy atom. The molecule has 7 nitrogen and oxygen atoms in total. The second-order valence-electron chi connectivity index (χ2n) is 7.08. The van der Waals surface area contributed by atoms with Crippen LogP contribution in [0.15, 0.2) is 53.3 Å². The first-order chi connectivity index (χ1) is 13.2. The molecule has 7 heteroatoms. The number of hydrogen-bond acceptors (Lipinski definition) is 4. The Bertz CT molecular complexity index is 1030. The molecule has 2 aliphatic rings. The van der Waals surface area contributed by atoms with Crippen LogP contribution in [0.4, 0.5) is 11.4 Å². The lowest BCUT2D eigenvalue weighted by Gasteiger charge is -2.24. The van der Waals surface area contributed by atoms with Gasteiger partial charge in [-0.1, -0.05) is 36.4 Å². The lowest BCUT2D eigenvalue weighted by atomic mass is 10.0. The minimum Gasteiger partial charge on any atom is -0.279 e. The van der Waals surface area contributed by atoms with Crippen molar-refractivity contribution in [2.45, 2.75) is 38.3 Å². The molecule has 136 valence electrons. The van der Waals surface area contributed by atoms with Crippen LogP contribution >= 0.6 is 0 Å². The number of amides is 1. The van der Waals surface area contributed by atoms with Gasteiger partial charge in [0.05, 0.1) is 17.4 Å². The largest absolute Gasteiger partial charge is 0.364 e. The molecule has 0 N–H and O–H groups in total. The molecular formula is C20H19N5O2. The summed E-state index contributed by atoms with van der Waals surface area (Å²) in [5, 5.41) is 7.85. The summed E-state index contributed by atoms with van der Waals surface area (Å²) >= 11 is 0. The van der Waals surface area contributed by atoms with Crippen molar-refractivity contribution >= 4 is 17.3 Å². The van der Waals surface area contributed by atoms with Crippen LogP contribution in [0.25, 0.3) is 0 Å². The molecule has 1 aromatic heterocycles. The van der Waals surface area contributed by atoms with Crippen LogP contribution in [0, 0.1) is 0 Å². The minimum absolute atomic E-state index is 0.131. The molecule has 2 aromatic carbocycles. The summed E-state index contributed by atoms with van der Waals surface area (Å²) in [6.07, 6.45) is 3.63. The molecular weight excluding hydrogens is 342 g/mol. The zero-order valence-corrected chi connectivity index (χ0v) is 14.8. The van der Waals surface area contributed by atoms with Gasteiger partial charge >= 0.3 is 5.69 Å². The van der Waals surface area contributed by atoms with Crippen molar-refractivity contribution in [3.05, 3.63) is 70.1 Å². The van der Waals surface area contributed by atoms with E-state index in [1.165, 1.54) is 4.68 Å². The fourth-order valence-electron chi connectivity index (χ4n) is 3.68. The lowest BCUT2D eigenvalue weighted by Crippen LogP contribution is -2.35. The molecule has 1 aliphatic carbocycles. The number of fused-ring (bicyclic) bond motifs is 2. The van der Waals surface area contributed by atoms with Gasteiger partial charge in [-0.25, -0.2) is 4.79 Å². The van der Waals surface area contributed by atoms with E-state index in [0.29, 0.717) is 0 Å². The highest BCUT2D eigenvalue weighted by Crippen LogP contribution is 2.36. The molecule has 0 radical (unpaired) electrons. The van der Waals surface area contributed by atoms with Gasteiger partial charge in [0, 0.05) is 0 Å². The van der Waals surface area contributed by atoms with E-state index >= 15 is 0 Å². The molecule has 0 unspecified atom stereocenters. The van der Waals surface area contributed by atoms with Crippen LogP contribution < -0.4 is 10.6 Å². The van der Waals surface area contributed by atoms with Crippen molar-refractivity contribution in [1.29, 1.82) is 0 Å². The third kappa shape index (κ3) is 2.75. The van der Waals surface area contributed by atoms with Gasteiger partial charge in [-0.05, 0) is 59.4 Å². The van der Waals surface area contributed by atoms with Gasteiger partial charge in [-0.15, -0.1) is 0 Å². The first-order valence-electron chi connectivity index (χ1n) is 9.23. The van der Waals surface area contributed by atoms with Gasteiger partial charge in [0.15, 0.2) is 0 Å². The SMILES string of the molecule is O=C(Cn1nnn(C2CC2)c1=O)N1c2ccccc2CCc2ccccc21. The summed E-state index contributed by atoms with van der Waals surface area (Å²) in [5.41, 5.74) is 3.67. The topological polar surface area (TPSA) is 73.0 Å². The van der Waals surface area contributed by atoms with Crippen LogP contribution in [0.5, 0.6) is 0 Å². The highest BCUT2D eigenvalue weighted by molar-refractivity contribution is 6.02. The number of tetrazole rings is 1. The number of carbonyl (C=O) groups excluding carboxylic acids is 1. The van der Waals surface area contributed by atoms with Crippen LogP contribution in [-0.2, 0) is 24.2 Å². The maximum absolute atomic E-state index is 13.3. The number of aromatic nitrogens is 4. The highest BCUT2D eigenvalue weighted by Gasteiger charge is 2.30. The molecule has 0 spiro atoms. The average Bonchev–Trinajstić information content (AvgIpc) is 3.48. The van der Waals surface area contributed by atoms with Gasteiger partial charge in [0.25, 0.3) is 5.91 Å². The van der Waals surface area contributed by atoms with E-state index < -0.39 is 0 Å². The Morgan fingerprint density at radius 1 is 0.926 bits per heavy atom.